The molecule has 2 rings (SSSR count). The van der Waals surface area contributed by atoms with Gasteiger partial charge in [-0.1, -0.05) is 226 Å². The summed E-state index contributed by atoms with van der Waals surface area (Å²) in [5, 5.41) is 103. The third-order valence-electron chi connectivity index (χ3n) is 15.2. The van der Waals surface area contributed by atoms with Crippen molar-refractivity contribution < 1.29 is 74.5 Å². The van der Waals surface area contributed by atoms with Crippen LogP contribution < -0.4 is 10.6 Å². The Hall–Kier alpha value is -1.58. The highest BCUT2D eigenvalue weighted by molar-refractivity contribution is 5.80. The Morgan fingerprint density at radius 1 is 0.500 bits per heavy atom. The lowest BCUT2D eigenvalue weighted by Gasteiger charge is -2.47. The molecule has 2 aliphatic heterocycles. The zero-order chi connectivity index (χ0) is 54.4. The average molecular weight is 1060 g/mol. The minimum Gasteiger partial charge on any atom is -0.394 e. The molecule has 0 aromatic rings. The Bertz CT molecular complexity index is 1350. The molecular formula is C57H110N2O15. The van der Waals surface area contributed by atoms with Crippen LogP contribution in [0.3, 0.4) is 0 Å². The first kappa shape index (κ1) is 68.5. The van der Waals surface area contributed by atoms with Gasteiger partial charge in [-0.25, -0.2) is 0 Å². The smallest absolute Gasteiger partial charge is 0.249 e. The van der Waals surface area contributed by atoms with Gasteiger partial charge in [0.25, 0.3) is 0 Å². The first-order valence-corrected chi connectivity index (χ1v) is 29.9. The molecule has 0 aromatic carbocycles. The summed E-state index contributed by atoms with van der Waals surface area (Å²) in [6, 6.07) is -2.72. The normalized spacial score (nSPS) is 25.9. The second-order valence-corrected chi connectivity index (χ2v) is 21.8. The molecule has 74 heavy (non-hydrogen) atoms. The van der Waals surface area contributed by atoms with Gasteiger partial charge in [-0.05, 0) is 12.8 Å². The molecule has 438 valence electrons. The number of carbonyl (C=O) groups is 2. The Morgan fingerprint density at radius 3 is 1.28 bits per heavy atom. The number of unbranched alkanes of at least 4 members (excludes halogenated alkanes) is 31. The van der Waals surface area contributed by atoms with E-state index in [4.69, 9.17) is 18.9 Å². The molecule has 0 spiro atoms. The van der Waals surface area contributed by atoms with Crippen molar-refractivity contribution >= 4 is 11.8 Å². The van der Waals surface area contributed by atoms with Crippen LogP contribution in [0.1, 0.15) is 245 Å². The number of aliphatic hydroxyl groups is 9. The fourth-order valence-electron chi connectivity index (χ4n) is 10.3. The topological polar surface area (TPSA) is 277 Å². The van der Waals surface area contributed by atoms with E-state index in [9.17, 15) is 55.5 Å². The van der Waals surface area contributed by atoms with Gasteiger partial charge in [-0.15, -0.1) is 0 Å². The number of amides is 2. The number of aliphatic hydroxyl groups excluding tert-OH is 9. The number of hydrogen-bond acceptors (Lipinski definition) is 15. The highest BCUT2D eigenvalue weighted by Crippen LogP contribution is 2.30. The van der Waals surface area contributed by atoms with E-state index in [0.717, 1.165) is 58.3 Å². The van der Waals surface area contributed by atoms with E-state index in [0.29, 0.717) is 12.8 Å². The van der Waals surface area contributed by atoms with Crippen LogP contribution >= 0.6 is 0 Å². The molecular weight excluding hydrogens is 953 g/mol. The molecule has 2 heterocycles. The first-order chi connectivity index (χ1) is 35.8. The Balaban J connectivity index is 1.92. The zero-order valence-electron chi connectivity index (χ0n) is 46.4. The molecule has 0 bridgehead atoms. The minimum atomic E-state index is -1.85. The van der Waals surface area contributed by atoms with Crippen molar-refractivity contribution in [3.63, 3.8) is 0 Å². The summed E-state index contributed by atoms with van der Waals surface area (Å²) < 4.78 is 23.2. The molecule has 2 fully saturated rings. The summed E-state index contributed by atoms with van der Waals surface area (Å²) >= 11 is 0. The summed E-state index contributed by atoms with van der Waals surface area (Å²) in [5.41, 5.74) is 0. The maximum atomic E-state index is 13.5. The lowest BCUT2D eigenvalue weighted by Crippen LogP contribution is -2.68. The van der Waals surface area contributed by atoms with E-state index in [1.54, 1.807) is 0 Å². The molecule has 0 aromatic heterocycles. The van der Waals surface area contributed by atoms with Gasteiger partial charge < -0.3 is 75.5 Å². The Labute approximate surface area is 446 Å². The molecule has 2 saturated heterocycles. The molecule has 17 nitrogen and oxygen atoms in total. The molecule has 2 amide bonds. The van der Waals surface area contributed by atoms with E-state index >= 15 is 0 Å². The minimum absolute atomic E-state index is 0.196. The van der Waals surface area contributed by atoms with Crippen molar-refractivity contribution in [2.75, 3.05) is 19.8 Å². The largest absolute Gasteiger partial charge is 0.394 e. The molecule has 0 aliphatic carbocycles. The summed E-state index contributed by atoms with van der Waals surface area (Å²) in [6.45, 7) is 3.57. The predicted molar refractivity (Wildman–Crippen MR) is 287 cm³/mol. The first-order valence-electron chi connectivity index (χ1n) is 29.9. The van der Waals surface area contributed by atoms with Gasteiger partial charge in [0.1, 0.15) is 61.0 Å². The van der Waals surface area contributed by atoms with Crippen LogP contribution in [0.25, 0.3) is 0 Å². The van der Waals surface area contributed by atoms with Crippen molar-refractivity contribution in [1.29, 1.82) is 0 Å². The fourth-order valence-corrected chi connectivity index (χ4v) is 10.3. The Kier molecular flexibility index (Phi) is 40.1. The van der Waals surface area contributed by atoms with Crippen LogP contribution in [0.2, 0.25) is 0 Å². The Morgan fingerprint density at radius 2 is 0.878 bits per heavy atom. The van der Waals surface area contributed by atoms with Crippen molar-refractivity contribution in [3.05, 3.63) is 0 Å². The number of nitrogens with one attached hydrogen (secondary N) is 2. The number of hydrogen-bond donors (Lipinski definition) is 11. The van der Waals surface area contributed by atoms with Gasteiger partial charge in [0, 0.05) is 6.92 Å². The van der Waals surface area contributed by atoms with Gasteiger partial charge >= 0.3 is 0 Å². The van der Waals surface area contributed by atoms with Crippen LogP contribution in [-0.4, -0.2) is 163 Å². The van der Waals surface area contributed by atoms with Crippen LogP contribution in [0.5, 0.6) is 0 Å². The van der Waals surface area contributed by atoms with Gasteiger partial charge in [-0.2, -0.15) is 0 Å². The SMILES string of the molecule is CCCCCCCCCCCCCCCCCCCCCC[C@@H](O)C(=O)N[C@@H](CO[C@H]1O[C@H](CO)[C@H](O)[C@H](O[C@H]2O[C@H](CO)[C@H](O)[C@H](O)[C@H]2NC(C)=O)[C@H]1O)[C@H](O)[C@H](O)CCCCCCCCCCCCCCC. The third kappa shape index (κ3) is 28.9. The molecule has 11 N–H and O–H groups in total. The van der Waals surface area contributed by atoms with Gasteiger partial charge in [0.15, 0.2) is 12.6 Å². The number of carbonyl (C=O) groups excluding carboxylic acids is 2. The van der Waals surface area contributed by atoms with Gasteiger partial charge in [0.05, 0.1) is 32.0 Å². The predicted octanol–water partition coefficient (Wildman–Crippen LogP) is 7.03. The quantitative estimate of drug-likeness (QED) is 0.0273. The summed E-state index contributed by atoms with van der Waals surface area (Å²) in [7, 11) is 0. The summed E-state index contributed by atoms with van der Waals surface area (Å²) in [5.74, 6) is -1.39. The van der Waals surface area contributed by atoms with Crippen molar-refractivity contribution in [3.8, 4) is 0 Å². The maximum Gasteiger partial charge on any atom is 0.249 e. The molecule has 0 unspecified atom stereocenters. The zero-order valence-corrected chi connectivity index (χ0v) is 46.4. The summed E-state index contributed by atoms with van der Waals surface area (Å²) in [6.07, 6.45) is 21.3. The lowest BCUT2D eigenvalue weighted by molar-refractivity contribution is -0.348. The van der Waals surface area contributed by atoms with E-state index in [2.05, 4.69) is 24.5 Å². The number of ether oxygens (including phenoxy) is 4. The maximum absolute atomic E-state index is 13.5. The average Bonchev–Trinajstić information content (AvgIpc) is 3.38. The number of rotatable bonds is 47. The monoisotopic (exact) mass is 1060 g/mol. The van der Waals surface area contributed by atoms with Gasteiger partial charge in [0.2, 0.25) is 11.8 Å². The van der Waals surface area contributed by atoms with E-state index in [1.165, 1.54) is 148 Å². The highest BCUT2D eigenvalue weighted by atomic mass is 16.7. The second kappa shape index (κ2) is 43.3. The molecule has 2 aliphatic rings. The highest BCUT2D eigenvalue weighted by Gasteiger charge is 2.51. The molecule has 17 heteroatoms. The van der Waals surface area contributed by atoms with Crippen LogP contribution in [0.15, 0.2) is 0 Å². The molecule has 0 saturated carbocycles. The van der Waals surface area contributed by atoms with E-state index in [1.807, 2.05) is 0 Å². The summed E-state index contributed by atoms with van der Waals surface area (Å²) in [4.78, 5) is 25.5. The van der Waals surface area contributed by atoms with E-state index < -0.39 is 117 Å². The van der Waals surface area contributed by atoms with Crippen molar-refractivity contribution in [2.24, 2.45) is 0 Å². The van der Waals surface area contributed by atoms with Gasteiger partial charge in [-0.3, -0.25) is 9.59 Å². The van der Waals surface area contributed by atoms with Crippen molar-refractivity contribution in [2.45, 2.75) is 331 Å². The molecule has 0 radical (unpaired) electrons. The van der Waals surface area contributed by atoms with E-state index in [-0.39, 0.29) is 12.8 Å². The lowest BCUT2D eigenvalue weighted by atomic mass is 9.95. The molecule has 14 atom stereocenters. The third-order valence-corrected chi connectivity index (χ3v) is 15.2. The van der Waals surface area contributed by atoms with Crippen molar-refractivity contribution in [1.82, 2.24) is 10.6 Å². The standard InChI is InChI=1S/C57H110N2O15/c1-4-6-8-10-12-14-16-18-19-20-21-22-23-24-26-28-30-32-34-36-38-45(64)55(70)59-43(49(65)44(63)37-35-33-31-29-27-25-17-15-13-11-9-7-5-2)41-71-57-53(69)54(51(67)47(40-61)73-57)74-56-48(58-42(3)62)52(68)50(66)46(39-60)72-56/h43-54,56-57,60-61,63-69H,4-41H2,1-3H3,(H,58,62)(H,59,70)/t43-,44+,45+,46+,47+,48+,49-,50-,51-,52+,53+,54-,56+,57-/m0/s1. The van der Waals surface area contributed by atoms with Crippen LogP contribution in [0.4, 0.5) is 0 Å². The second-order valence-electron chi connectivity index (χ2n) is 21.8. The van der Waals surface area contributed by atoms with Crippen LogP contribution in [-0.2, 0) is 28.5 Å². The van der Waals surface area contributed by atoms with Crippen LogP contribution in [0, 0.1) is 0 Å². The fraction of sp³-hybridized carbons (Fsp3) is 0.965.